The van der Waals surface area contributed by atoms with Gasteiger partial charge in [-0.2, -0.15) is 0 Å². The molecular weight excluding hydrogens is 384 g/mol. The monoisotopic (exact) mass is 414 g/mol. The Morgan fingerprint density at radius 1 is 1.07 bits per heavy atom. The number of hydrogen-bond acceptors (Lipinski definition) is 4. The summed E-state index contributed by atoms with van der Waals surface area (Å²) in [5.41, 5.74) is 3.45. The van der Waals surface area contributed by atoms with E-state index >= 15 is 0 Å². The van der Waals surface area contributed by atoms with Crippen molar-refractivity contribution in [2.45, 2.75) is 38.5 Å². The fraction of sp³-hybridized carbons (Fsp3) is 0.292. The summed E-state index contributed by atoms with van der Waals surface area (Å²) in [6, 6.07) is 8.40. The second-order valence-electron chi connectivity index (χ2n) is 5.75. The summed E-state index contributed by atoms with van der Waals surface area (Å²) in [5, 5.41) is 0.330. The Balaban J connectivity index is 0.000000548. The zero-order valence-electron chi connectivity index (χ0n) is 17.7. The van der Waals surface area contributed by atoms with E-state index in [1.165, 1.54) is 12.7 Å². The molecule has 1 saturated carbocycles. The molecule has 1 heterocycles. The smallest absolute Gasteiger partial charge is 0.292 e. The number of nitrogens with zero attached hydrogens (tertiary/aromatic N) is 2. The molecule has 29 heavy (non-hydrogen) atoms. The van der Waals surface area contributed by atoms with Gasteiger partial charge in [-0.15, -0.1) is 11.6 Å². The average Bonchev–Trinajstić information content (AvgIpc) is 3.51. The first kappa shape index (κ1) is 26.3. The fourth-order valence-electron chi connectivity index (χ4n) is 2.09. The van der Waals surface area contributed by atoms with Gasteiger partial charge in [-0.05, 0) is 24.5 Å². The summed E-state index contributed by atoms with van der Waals surface area (Å²) in [6.07, 6.45) is 11.9. The van der Waals surface area contributed by atoms with Crippen LogP contribution in [0.3, 0.4) is 0 Å². The van der Waals surface area contributed by atoms with Crippen LogP contribution < -0.4 is 0 Å². The molecule has 5 heteroatoms. The van der Waals surface area contributed by atoms with Crippen LogP contribution in [0.2, 0.25) is 0 Å². The van der Waals surface area contributed by atoms with Gasteiger partial charge < -0.3 is 4.74 Å². The summed E-state index contributed by atoms with van der Waals surface area (Å²) in [4.78, 5) is 17.6. The van der Waals surface area contributed by atoms with Crippen LogP contribution >= 0.6 is 11.6 Å². The lowest BCUT2D eigenvalue weighted by molar-refractivity contribution is -0.126. The third kappa shape index (κ3) is 11.0. The van der Waals surface area contributed by atoms with E-state index in [0.29, 0.717) is 17.8 Å². The Labute approximate surface area is 180 Å². The number of ether oxygens (including phenoxy) is 1. The van der Waals surface area contributed by atoms with Crippen LogP contribution in [0.4, 0.5) is 0 Å². The molecule has 156 valence electrons. The second-order valence-corrected chi connectivity index (χ2v) is 6.31. The molecule has 2 aromatic rings. The lowest BCUT2D eigenvalue weighted by atomic mass is 10.1. The fourth-order valence-corrected chi connectivity index (χ4v) is 2.42. The SMILES string of the molecule is C=C/C=C\C=C.CC.COC=O.Cc1cnc(-c2ccc(C3CC3Cl)cc2)nc1. The molecule has 0 spiro atoms. The molecule has 0 bridgehead atoms. The number of rotatable bonds is 5. The van der Waals surface area contributed by atoms with Gasteiger partial charge >= 0.3 is 0 Å². The maximum absolute atomic E-state index is 8.95. The molecule has 0 saturated heterocycles. The first-order valence-corrected chi connectivity index (χ1v) is 9.90. The van der Waals surface area contributed by atoms with Gasteiger partial charge in [-0.3, -0.25) is 4.79 Å². The largest absolute Gasteiger partial charge is 0.471 e. The highest BCUT2D eigenvalue weighted by atomic mass is 35.5. The quantitative estimate of drug-likeness (QED) is 0.328. The van der Waals surface area contributed by atoms with Crippen molar-refractivity contribution in [3.05, 3.63) is 85.2 Å². The van der Waals surface area contributed by atoms with Crippen molar-refractivity contribution < 1.29 is 9.53 Å². The van der Waals surface area contributed by atoms with Crippen molar-refractivity contribution >= 4 is 18.1 Å². The van der Waals surface area contributed by atoms with Gasteiger partial charge in [0.2, 0.25) is 0 Å². The molecule has 4 nitrogen and oxygen atoms in total. The van der Waals surface area contributed by atoms with Crippen LogP contribution in [0.1, 0.15) is 37.3 Å². The highest BCUT2D eigenvalue weighted by Gasteiger charge is 2.36. The van der Waals surface area contributed by atoms with E-state index in [0.717, 1.165) is 23.4 Å². The Morgan fingerprint density at radius 3 is 1.86 bits per heavy atom. The van der Waals surface area contributed by atoms with E-state index < -0.39 is 0 Å². The topological polar surface area (TPSA) is 52.1 Å². The lowest BCUT2D eigenvalue weighted by Crippen LogP contribution is -1.90. The van der Waals surface area contributed by atoms with E-state index in [4.69, 9.17) is 16.4 Å². The number of carbonyl (C=O) groups is 1. The Hall–Kier alpha value is -2.72. The third-order valence-electron chi connectivity index (χ3n) is 3.57. The molecule has 0 aliphatic heterocycles. The normalized spacial score (nSPS) is 15.9. The number of methoxy groups -OCH3 is 1. The van der Waals surface area contributed by atoms with Gasteiger partial charge in [0, 0.05) is 29.3 Å². The van der Waals surface area contributed by atoms with E-state index in [2.05, 4.69) is 52.1 Å². The lowest BCUT2D eigenvalue weighted by Gasteiger charge is -2.02. The summed E-state index contributed by atoms with van der Waals surface area (Å²) in [7, 11) is 1.31. The van der Waals surface area contributed by atoms with Crippen LogP contribution in [0, 0.1) is 6.92 Å². The Bertz CT molecular complexity index is 730. The number of aryl methyl sites for hydroxylation is 1. The predicted molar refractivity (Wildman–Crippen MR) is 123 cm³/mol. The van der Waals surface area contributed by atoms with E-state index in [1.54, 1.807) is 12.2 Å². The molecule has 0 N–H and O–H groups in total. The number of alkyl halides is 1. The van der Waals surface area contributed by atoms with Crippen LogP contribution in [0.5, 0.6) is 0 Å². The molecular formula is C24H31ClN2O2. The molecule has 3 rings (SSSR count). The number of benzene rings is 1. The summed E-state index contributed by atoms with van der Waals surface area (Å²) >= 11 is 6.04. The number of aromatic nitrogens is 2. The predicted octanol–water partition coefficient (Wildman–Crippen LogP) is 6.28. The molecule has 1 aromatic heterocycles. The van der Waals surface area contributed by atoms with Crippen molar-refractivity contribution in [3.63, 3.8) is 0 Å². The van der Waals surface area contributed by atoms with Crippen LogP contribution in [-0.4, -0.2) is 28.9 Å². The summed E-state index contributed by atoms with van der Waals surface area (Å²) < 4.78 is 3.86. The van der Waals surface area contributed by atoms with E-state index in [-0.39, 0.29) is 0 Å². The van der Waals surface area contributed by atoms with Gasteiger partial charge in [0.05, 0.1) is 7.11 Å². The van der Waals surface area contributed by atoms with Gasteiger partial charge in [0.25, 0.3) is 6.47 Å². The highest BCUT2D eigenvalue weighted by molar-refractivity contribution is 6.23. The van der Waals surface area contributed by atoms with Gasteiger partial charge in [-0.25, -0.2) is 9.97 Å². The Kier molecular flexibility index (Phi) is 14.7. The number of allylic oxidation sites excluding steroid dienone is 4. The first-order chi connectivity index (χ1) is 14.1. The van der Waals surface area contributed by atoms with Gasteiger partial charge in [0.15, 0.2) is 5.82 Å². The molecule has 2 atom stereocenters. The molecule has 1 aliphatic rings. The maximum Gasteiger partial charge on any atom is 0.292 e. The van der Waals surface area contributed by atoms with Crippen molar-refractivity contribution in [1.29, 1.82) is 0 Å². The van der Waals surface area contributed by atoms with Crippen LogP contribution in [-0.2, 0) is 9.53 Å². The second kappa shape index (κ2) is 16.3. The minimum absolute atomic E-state index is 0.330. The molecule has 0 amide bonds. The van der Waals surface area contributed by atoms with Crippen molar-refractivity contribution in [1.82, 2.24) is 9.97 Å². The molecule has 1 aliphatic carbocycles. The Morgan fingerprint density at radius 2 is 1.52 bits per heavy atom. The minimum Gasteiger partial charge on any atom is -0.471 e. The van der Waals surface area contributed by atoms with Crippen molar-refractivity contribution in [2.24, 2.45) is 0 Å². The average molecular weight is 415 g/mol. The van der Waals surface area contributed by atoms with Crippen LogP contribution in [0.15, 0.2) is 74.1 Å². The third-order valence-corrected chi connectivity index (χ3v) is 4.05. The van der Waals surface area contributed by atoms with Gasteiger partial charge in [0.1, 0.15) is 0 Å². The maximum atomic E-state index is 8.95. The summed E-state index contributed by atoms with van der Waals surface area (Å²) in [5.74, 6) is 1.32. The van der Waals surface area contributed by atoms with Gasteiger partial charge in [-0.1, -0.05) is 75.6 Å². The van der Waals surface area contributed by atoms with E-state index in [1.807, 2.05) is 45.3 Å². The minimum atomic E-state index is 0.330. The highest BCUT2D eigenvalue weighted by Crippen LogP contribution is 2.45. The molecule has 2 unspecified atom stereocenters. The van der Waals surface area contributed by atoms with Crippen molar-refractivity contribution in [2.75, 3.05) is 7.11 Å². The van der Waals surface area contributed by atoms with E-state index in [9.17, 15) is 0 Å². The summed E-state index contributed by atoms with van der Waals surface area (Å²) in [6.45, 7) is 13.3. The zero-order valence-corrected chi connectivity index (χ0v) is 18.5. The molecule has 0 radical (unpaired) electrons. The standard InChI is InChI=1S/C14H13ClN2.C6H8.C2H4O2.C2H6/c1-9-7-16-14(17-8-9)11-4-2-10(3-5-11)12-6-13(12)15;1-3-5-6-4-2;1-4-2-3;1-2/h2-5,7-8,12-13H,6H2,1H3;3-6H,1-2H2;2H,1H3;1-2H3/b;6-5-;;. The van der Waals surface area contributed by atoms with Crippen LogP contribution in [0.25, 0.3) is 11.4 Å². The number of carbonyl (C=O) groups excluding carboxylic acids is 1. The first-order valence-electron chi connectivity index (χ1n) is 9.47. The molecule has 1 fully saturated rings. The van der Waals surface area contributed by atoms with Crippen molar-refractivity contribution in [3.8, 4) is 11.4 Å². The number of halogens is 1. The number of hydrogen-bond donors (Lipinski definition) is 0. The zero-order chi connectivity index (χ0) is 22.1. The molecule has 1 aromatic carbocycles.